The normalized spacial score (nSPS) is 29.0. The minimum Gasteiger partial charge on any atom is -0.427 e. The predicted molar refractivity (Wildman–Crippen MR) is 103 cm³/mol. The smallest absolute Gasteiger partial charge is 0.344 e. The molecule has 0 aromatic rings. The lowest BCUT2D eigenvalue weighted by Gasteiger charge is -2.24. The SMILES string of the molecule is CC1C(C2=NOC3OCCC23)=C(Cl)C(C(=O)OC2=CC(=O)CCC2)=CC1=S(=O)=O. The Morgan fingerprint density at radius 2 is 2.10 bits per heavy atom. The van der Waals surface area contributed by atoms with Gasteiger partial charge in [-0.2, -0.15) is 8.42 Å². The second-order valence-corrected chi connectivity index (χ2v) is 8.50. The lowest BCUT2D eigenvalue weighted by Crippen LogP contribution is -2.30. The maximum atomic E-state index is 12.8. The number of esters is 1. The highest BCUT2D eigenvalue weighted by Gasteiger charge is 2.44. The van der Waals surface area contributed by atoms with Gasteiger partial charge in [0.15, 0.2) is 5.78 Å². The summed E-state index contributed by atoms with van der Waals surface area (Å²) in [5.74, 6) is -1.49. The molecule has 4 aliphatic rings. The van der Waals surface area contributed by atoms with Gasteiger partial charge in [0.25, 0.3) is 0 Å². The molecule has 154 valence electrons. The molecular weight excluding hydrogens is 422 g/mol. The lowest BCUT2D eigenvalue weighted by atomic mass is 9.82. The second-order valence-electron chi connectivity index (χ2n) is 7.18. The average Bonchev–Trinajstić information content (AvgIpc) is 3.26. The summed E-state index contributed by atoms with van der Waals surface area (Å²) in [4.78, 5) is 29.6. The number of carbonyl (C=O) groups excluding carboxylic acids is 2. The van der Waals surface area contributed by atoms with Crippen molar-refractivity contribution >= 4 is 44.2 Å². The van der Waals surface area contributed by atoms with E-state index in [1.807, 2.05) is 0 Å². The number of ketones is 1. The van der Waals surface area contributed by atoms with Crippen molar-refractivity contribution in [3.05, 3.63) is 34.1 Å². The van der Waals surface area contributed by atoms with Crippen molar-refractivity contribution in [3.8, 4) is 0 Å². The van der Waals surface area contributed by atoms with E-state index in [0.717, 1.165) is 0 Å². The molecule has 2 aliphatic carbocycles. The predicted octanol–water partition coefficient (Wildman–Crippen LogP) is 2.04. The van der Waals surface area contributed by atoms with Gasteiger partial charge in [0.1, 0.15) is 5.76 Å². The number of allylic oxidation sites excluding steroid dienone is 4. The Hall–Kier alpha value is -2.23. The van der Waals surface area contributed by atoms with Crippen LogP contribution in [-0.2, 0) is 34.2 Å². The third-order valence-corrected chi connectivity index (χ3v) is 6.61. The summed E-state index contributed by atoms with van der Waals surface area (Å²) >= 11 is 6.56. The first-order chi connectivity index (χ1) is 13.9. The largest absolute Gasteiger partial charge is 0.427 e. The quantitative estimate of drug-likeness (QED) is 0.489. The van der Waals surface area contributed by atoms with E-state index in [4.69, 9.17) is 25.9 Å². The Kier molecular flexibility index (Phi) is 5.46. The van der Waals surface area contributed by atoms with Crippen LogP contribution in [0.25, 0.3) is 0 Å². The highest BCUT2D eigenvalue weighted by atomic mass is 35.5. The van der Waals surface area contributed by atoms with Crippen LogP contribution in [0.2, 0.25) is 0 Å². The molecular formula is C19H18ClNO7S. The number of hydrogen-bond acceptors (Lipinski definition) is 8. The summed E-state index contributed by atoms with van der Waals surface area (Å²) in [5.41, 5.74) is 0.799. The van der Waals surface area contributed by atoms with Gasteiger partial charge in [-0.05, 0) is 18.9 Å². The first-order valence-electron chi connectivity index (χ1n) is 9.26. The zero-order chi connectivity index (χ0) is 20.7. The number of hydrogen-bond donors (Lipinski definition) is 0. The molecule has 2 aliphatic heterocycles. The Bertz CT molecular complexity index is 1040. The van der Waals surface area contributed by atoms with Crippen molar-refractivity contribution in [1.82, 2.24) is 0 Å². The molecule has 2 heterocycles. The number of rotatable bonds is 3. The van der Waals surface area contributed by atoms with Crippen molar-refractivity contribution < 1.29 is 32.3 Å². The zero-order valence-electron chi connectivity index (χ0n) is 15.5. The molecule has 0 N–H and O–H groups in total. The van der Waals surface area contributed by atoms with Crippen LogP contribution < -0.4 is 0 Å². The molecule has 8 nitrogen and oxygen atoms in total. The molecule has 0 saturated carbocycles. The Balaban J connectivity index is 1.73. The molecule has 4 rings (SSSR count). The number of carbonyl (C=O) groups is 2. The van der Waals surface area contributed by atoms with Crippen molar-refractivity contribution in [2.75, 3.05) is 6.61 Å². The van der Waals surface area contributed by atoms with Crippen LogP contribution in [-0.4, -0.2) is 43.6 Å². The fraction of sp³-hybridized carbons (Fsp3) is 0.474. The van der Waals surface area contributed by atoms with Gasteiger partial charge in [-0.15, -0.1) is 0 Å². The molecule has 1 saturated heterocycles. The van der Waals surface area contributed by atoms with Crippen LogP contribution >= 0.6 is 11.6 Å². The van der Waals surface area contributed by atoms with Gasteiger partial charge in [-0.25, -0.2) is 4.79 Å². The molecule has 0 bridgehead atoms. The molecule has 29 heavy (non-hydrogen) atoms. The fourth-order valence-corrected chi connectivity index (χ4v) is 4.87. The van der Waals surface area contributed by atoms with Gasteiger partial charge in [0, 0.05) is 30.4 Å². The van der Waals surface area contributed by atoms with E-state index in [9.17, 15) is 18.0 Å². The number of oxime groups is 1. The number of halogens is 1. The van der Waals surface area contributed by atoms with Crippen molar-refractivity contribution in [2.45, 2.75) is 38.9 Å². The summed E-state index contributed by atoms with van der Waals surface area (Å²) in [6.45, 7) is 2.17. The van der Waals surface area contributed by atoms with Crippen LogP contribution in [0.15, 0.2) is 39.2 Å². The summed E-state index contributed by atoms with van der Waals surface area (Å²) in [7, 11) is -2.58. The van der Waals surface area contributed by atoms with E-state index < -0.39 is 28.5 Å². The Morgan fingerprint density at radius 3 is 2.83 bits per heavy atom. The van der Waals surface area contributed by atoms with Crippen LogP contribution in [0.1, 0.15) is 32.6 Å². The molecule has 0 radical (unpaired) electrons. The van der Waals surface area contributed by atoms with E-state index >= 15 is 0 Å². The molecule has 1 fully saturated rings. The van der Waals surface area contributed by atoms with Crippen LogP contribution in [0.5, 0.6) is 0 Å². The van der Waals surface area contributed by atoms with E-state index in [1.165, 1.54) is 12.2 Å². The minimum atomic E-state index is -2.58. The Labute approximate surface area is 173 Å². The second kappa shape index (κ2) is 7.89. The molecule has 3 atom stereocenters. The van der Waals surface area contributed by atoms with E-state index in [1.54, 1.807) is 6.92 Å². The molecule has 0 aromatic carbocycles. The van der Waals surface area contributed by atoms with Crippen molar-refractivity contribution in [1.29, 1.82) is 0 Å². The van der Waals surface area contributed by atoms with Crippen LogP contribution in [0.4, 0.5) is 0 Å². The monoisotopic (exact) mass is 439 g/mol. The molecule has 3 unspecified atom stereocenters. The highest BCUT2D eigenvalue weighted by molar-refractivity contribution is 7.73. The van der Waals surface area contributed by atoms with Gasteiger partial charge in [0.2, 0.25) is 16.6 Å². The molecule has 0 amide bonds. The van der Waals surface area contributed by atoms with Crippen molar-refractivity contribution in [3.63, 3.8) is 0 Å². The summed E-state index contributed by atoms with van der Waals surface area (Å²) < 4.78 is 34.4. The average molecular weight is 440 g/mol. The van der Waals surface area contributed by atoms with E-state index in [0.29, 0.717) is 43.6 Å². The molecule has 0 aromatic heterocycles. The van der Waals surface area contributed by atoms with E-state index in [-0.39, 0.29) is 32.9 Å². The topological polar surface area (TPSA) is 108 Å². The third kappa shape index (κ3) is 3.70. The number of fused-ring (bicyclic) bond motifs is 1. The van der Waals surface area contributed by atoms with Gasteiger partial charge in [-0.1, -0.05) is 23.7 Å². The minimum absolute atomic E-state index is 0.00452. The van der Waals surface area contributed by atoms with Gasteiger partial charge in [0.05, 0.1) is 33.7 Å². The number of ether oxygens (including phenoxy) is 2. The van der Waals surface area contributed by atoms with Gasteiger partial charge < -0.3 is 14.3 Å². The fourth-order valence-electron chi connectivity index (χ4n) is 3.86. The lowest BCUT2D eigenvalue weighted by molar-refractivity contribution is -0.135. The molecule has 0 spiro atoms. The standard InChI is InChI=1S/C19H18ClNO7S/c1-9-14(29(24)25)8-13(18(23)27-11-4-2-3-10(22)7-11)16(20)15(9)17-12-5-6-26-19(12)28-21-17/h7-9,12,19H,2-6H2,1H3. The van der Waals surface area contributed by atoms with E-state index in [2.05, 4.69) is 5.16 Å². The number of nitrogens with zero attached hydrogens (tertiary/aromatic N) is 1. The maximum Gasteiger partial charge on any atom is 0.344 e. The Morgan fingerprint density at radius 1 is 1.31 bits per heavy atom. The highest BCUT2D eigenvalue weighted by Crippen LogP contribution is 2.40. The zero-order valence-corrected chi connectivity index (χ0v) is 17.1. The first-order valence-corrected chi connectivity index (χ1v) is 10.7. The summed E-state index contributed by atoms with van der Waals surface area (Å²) in [6, 6.07) is 0. The van der Waals surface area contributed by atoms with Crippen molar-refractivity contribution in [2.24, 2.45) is 17.0 Å². The summed E-state index contributed by atoms with van der Waals surface area (Å²) in [5, 5.41) is 4.12. The van der Waals surface area contributed by atoms with Crippen LogP contribution in [0.3, 0.4) is 0 Å². The molecule has 10 heteroatoms. The first kappa shape index (κ1) is 20.1. The van der Waals surface area contributed by atoms with Crippen LogP contribution in [0, 0.1) is 11.8 Å². The van der Waals surface area contributed by atoms with Gasteiger partial charge >= 0.3 is 5.97 Å². The maximum absolute atomic E-state index is 12.8. The third-order valence-electron chi connectivity index (χ3n) is 5.35. The summed E-state index contributed by atoms with van der Waals surface area (Å²) in [6.07, 6.45) is 4.06. The van der Waals surface area contributed by atoms with Gasteiger partial charge in [-0.3, -0.25) is 4.79 Å².